The Morgan fingerprint density at radius 1 is 0.960 bits per heavy atom. The Morgan fingerprint density at radius 3 is 2.32 bits per heavy atom. The van der Waals surface area contributed by atoms with Crippen molar-refractivity contribution in [3.63, 3.8) is 0 Å². The summed E-state index contributed by atoms with van der Waals surface area (Å²) in [5.74, 6) is -0.0802. The molecule has 0 aromatic heterocycles. The van der Waals surface area contributed by atoms with Crippen molar-refractivity contribution in [2.24, 2.45) is 5.92 Å². The van der Waals surface area contributed by atoms with Crippen molar-refractivity contribution in [1.82, 2.24) is 5.32 Å². The second kappa shape index (κ2) is 7.94. The number of benzene rings is 2. The van der Waals surface area contributed by atoms with Crippen LogP contribution < -0.4 is 16.0 Å². The number of para-hydroxylation sites is 1. The van der Waals surface area contributed by atoms with Gasteiger partial charge in [-0.1, -0.05) is 18.2 Å². The lowest BCUT2D eigenvalue weighted by Gasteiger charge is -2.27. The minimum absolute atomic E-state index is 0.0392. The maximum atomic E-state index is 12.4. The van der Waals surface area contributed by atoms with Gasteiger partial charge < -0.3 is 16.0 Å². The van der Waals surface area contributed by atoms with Crippen LogP contribution in [0.2, 0.25) is 0 Å². The molecular weight excluding hydrogens is 314 g/mol. The number of anilines is 2. The average Bonchev–Trinajstić information content (AvgIpc) is 2.63. The van der Waals surface area contributed by atoms with Gasteiger partial charge in [-0.05, 0) is 62.7 Å². The fraction of sp³-hybridized carbons (Fsp3) is 0.300. The summed E-state index contributed by atoms with van der Waals surface area (Å²) in [6, 6.07) is 16.7. The van der Waals surface area contributed by atoms with Crippen molar-refractivity contribution in [2.75, 3.05) is 17.2 Å². The smallest absolute Gasteiger partial charge is 0.255 e. The van der Waals surface area contributed by atoms with Crippen molar-refractivity contribution in [3.8, 4) is 0 Å². The molecule has 1 aliphatic rings. The molecule has 0 bridgehead atoms. The molecule has 3 N–H and O–H groups in total. The first-order chi connectivity index (χ1) is 12.1. The first kappa shape index (κ1) is 17.2. The van der Waals surface area contributed by atoms with E-state index in [1.165, 1.54) is 0 Å². The highest BCUT2D eigenvalue weighted by molar-refractivity contribution is 6.04. The number of rotatable bonds is 4. The Kier molecular flexibility index (Phi) is 5.46. The molecule has 0 aliphatic carbocycles. The Balaban J connectivity index is 1.58. The fourth-order valence-electron chi connectivity index (χ4n) is 3.04. The van der Waals surface area contributed by atoms with E-state index in [0.29, 0.717) is 17.3 Å². The van der Waals surface area contributed by atoms with Crippen LogP contribution in [0.5, 0.6) is 0 Å². The van der Waals surface area contributed by atoms with Gasteiger partial charge in [-0.25, -0.2) is 0 Å². The largest absolute Gasteiger partial charge is 0.326 e. The molecule has 1 fully saturated rings. The molecule has 0 spiro atoms. The van der Waals surface area contributed by atoms with Crippen LogP contribution in [0.15, 0.2) is 54.6 Å². The van der Waals surface area contributed by atoms with Crippen molar-refractivity contribution >= 4 is 23.2 Å². The second-order valence-electron chi connectivity index (χ2n) is 6.46. The lowest BCUT2D eigenvalue weighted by atomic mass is 9.92. The molecular formula is C20H23N3O2. The van der Waals surface area contributed by atoms with Crippen molar-refractivity contribution in [2.45, 2.75) is 25.8 Å². The fourth-order valence-corrected chi connectivity index (χ4v) is 3.04. The van der Waals surface area contributed by atoms with Crippen LogP contribution in [0.25, 0.3) is 0 Å². The highest BCUT2D eigenvalue weighted by Gasteiger charge is 2.24. The zero-order chi connectivity index (χ0) is 17.6. The van der Waals surface area contributed by atoms with Crippen molar-refractivity contribution < 1.29 is 9.59 Å². The molecule has 5 nitrogen and oxygen atoms in total. The number of carbonyl (C=O) groups is 2. The van der Waals surface area contributed by atoms with Gasteiger partial charge in [0.2, 0.25) is 5.91 Å². The molecule has 1 aliphatic heterocycles. The van der Waals surface area contributed by atoms with E-state index in [1.54, 1.807) is 24.3 Å². The molecule has 1 saturated heterocycles. The van der Waals surface area contributed by atoms with Gasteiger partial charge in [-0.15, -0.1) is 0 Å². The lowest BCUT2D eigenvalue weighted by molar-refractivity contribution is -0.120. The quantitative estimate of drug-likeness (QED) is 0.802. The highest BCUT2D eigenvalue weighted by Crippen LogP contribution is 2.19. The Morgan fingerprint density at radius 2 is 1.64 bits per heavy atom. The zero-order valence-electron chi connectivity index (χ0n) is 14.3. The van der Waals surface area contributed by atoms with Gasteiger partial charge in [0, 0.05) is 28.9 Å². The average molecular weight is 337 g/mol. The highest BCUT2D eigenvalue weighted by atomic mass is 16.2. The summed E-state index contributed by atoms with van der Waals surface area (Å²) in [5.41, 5.74) is 2.02. The predicted octanol–water partition coefficient (Wildman–Crippen LogP) is 3.27. The summed E-state index contributed by atoms with van der Waals surface area (Å²) in [5, 5.41) is 9.14. The summed E-state index contributed by atoms with van der Waals surface area (Å²) in [7, 11) is 0. The zero-order valence-corrected chi connectivity index (χ0v) is 14.3. The number of amides is 2. The minimum atomic E-state index is -0.170. The van der Waals surface area contributed by atoms with E-state index < -0.39 is 0 Å². The van der Waals surface area contributed by atoms with E-state index in [0.717, 1.165) is 25.1 Å². The molecule has 0 unspecified atom stereocenters. The molecule has 2 aromatic rings. The number of hydrogen-bond donors (Lipinski definition) is 3. The number of nitrogens with one attached hydrogen (secondary N) is 3. The van der Waals surface area contributed by atoms with Gasteiger partial charge in [0.1, 0.15) is 0 Å². The van der Waals surface area contributed by atoms with Gasteiger partial charge in [-0.2, -0.15) is 0 Å². The third kappa shape index (κ3) is 4.67. The van der Waals surface area contributed by atoms with Crippen LogP contribution in [0.3, 0.4) is 0 Å². The molecule has 1 heterocycles. The van der Waals surface area contributed by atoms with Crippen molar-refractivity contribution in [1.29, 1.82) is 0 Å². The summed E-state index contributed by atoms with van der Waals surface area (Å²) < 4.78 is 0. The summed E-state index contributed by atoms with van der Waals surface area (Å²) in [6.07, 6.45) is 1.71. The Hall–Kier alpha value is -2.66. The Bertz CT molecular complexity index is 728. The molecule has 0 saturated carbocycles. The summed E-state index contributed by atoms with van der Waals surface area (Å²) in [6.45, 7) is 2.97. The van der Waals surface area contributed by atoms with Gasteiger partial charge >= 0.3 is 0 Å². The molecule has 25 heavy (non-hydrogen) atoms. The van der Waals surface area contributed by atoms with Gasteiger partial charge in [0.05, 0.1) is 0 Å². The van der Waals surface area contributed by atoms with Crippen LogP contribution in [0.1, 0.15) is 30.1 Å². The van der Waals surface area contributed by atoms with Crippen LogP contribution >= 0.6 is 0 Å². The Labute approximate surface area is 147 Å². The number of hydrogen-bond acceptors (Lipinski definition) is 3. The van der Waals surface area contributed by atoms with E-state index in [2.05, 4.69) is 22.9 Å². The molecule has 2 amide bonds. The SMILES string of the molecule is C[C@H]1C[C@@H](C(=O)Nc2ccc(C(=O)Nc3ccccc3)cc2)CCN1. The molecule has 3 rings (SSSR count). The van der Waals surface area contributed by atoms with E-state index in [1.807, 2.05) is 30.3 Å². The minimum Gasteiger partial charge on any atom is -0.326 e. The van der Waals surface area contributed by atoms with Crippen LogP contribution in [0, 0.1) is 5.92 Å². The first-order valence-corrected chi connectivity index (χ1v) is 8.62. The van der Waals surface area contributed by atoms with E-state index >= 15 is 0 Å². The van der Waals surface area contributed by atoms with Gasteiger partial charge in [0.15, 0.2) is 0 Å². The number of carbonyl (C=O) groups excluding carboxylic acids is 2. The predicted molar refractivity (Wildman–Crippen MR) is 99.7 cm³/mol. The molecule has 2 aromatic carbocycles. The summed E-state index contributed by atoms with van der Waals surface area (Å²) >= 11 is 0. The maximum Gasteiger partial charge on any atom is 0.255 e. The van der Waals surface area contributed by atoms with Gasteiger partial charge in [0.25, 0.3) is 5.91 Å². The third-order valence-corrected chi connectivity index (χ3v) is 4.44. The molecule has 5 heteroatoms. The monoisotopic (exact) mass is 337 g/mol. The molecule has 2 atom stereocenters. The maximum absolute atomic E-state index is 12.4. The topological polar surface area (TPSA) is 70.2 Å². The van der Waals surface area contributed by atoms with Crippen LogP contribution in [0.4, 0.5) is 11.4 Å². The van der Waals surface area contributed by atoms with E-state index in [9.17, 15) is 9.59 Å². The second-order valence-corrected chi connectivity index (χ2v) is 6.46. The first-order valence-electron chi connectivity index (χ1n) is 8.62. The standard InChI is InChI=1S/C20H23N3O2/c1-14-13-16(11-12-21-14)20(25)23-18-9-7-15(8-10-18)19(24)22-17-5-3-2-4-6-17/h2-10,14,16,21H,11-13H2,1H3,(H,22,24)(H,23,25)/t14-,16-/m0/s1. The third-order valence-electron chi connectivity index (χ3n) is 4.44. The van der Waals surface area contributed by atoms with Crippen LogP contribution in [-0.4, -0.2) is 24.4 Å². The van der Waals surface area contributed by atoms with Crippen LogP contribution in [-0.2, 0) is 4.79 Å². The van der Waals surface area contributed by atoms with Gasteiger partial charge in [-0.3, -0.25) is 9.59 Å². The molecule has 130 valence electrons. The van der Waals surface area contributed by atoms with E-state index in [4.69, 9.17) is 0 Å². The van der Waals surface area contributed by atoms with E-state index in [-0.39, 0.29) is 17.7 Å². The molecule has 0 radical (unpaired) electrons. The van der Waals surface area contributed by atoms with Crippen molar-refractivity contribution in [3.05, 3.63) is 60.2 Å². The summed E-state index contributed by atoms with van der Waals surface area (Å²) in [4.78, 5) is 24.6. The normalized spacial score (nSPS) is 19.9. The number of piperidine rings is 1. The lowest BCUT2D eigenvalue weighted by Crippen LogP contribution is -2.40.